The highest BCUT2D eigenvalue weighted by molar-refractivity contribution is 6.29. The first-order chi connectivity index (χ1) is 13.9. The molecule has 0 N–H and O–H groups in total. The van der Waals surface area contributed by atoms with Gasteiger partial charge < -0.3 is 0 Å². The van der Waals surface area contributed by atoms with Gasteiger partial charge in [-0.3, -0.25) is 9.69 Å². The maximum Gasteiger partial charge on any atom is 0.416 e. The number of nitrogens with zero attached hydrogens (tertiary/aromatic N) is 1. The molecule has 0 bridgehead atoms. The van der Waals surface area contributed by atoms with Gasteiger partial charge in [0.25, 0.3) is 5.91 Å². The Kier molecular flexibility index (Phi) is 3.74. The van der Waals surface area contributed by atoms with E-state index in [2.05, 4.69) is 0 Å². The molecule has 2 nitrogen and oxygen atoms in total. The maximum absolute atomic E-state index is 13.1. The molecule has 4 aromatic carbocycles. The van der Waals surface area contributed by atoms with E-state index in [1.54, 1.807) is 17.0 Å². The summed E-state index contributed by atoms with van der Waals surface area (Å²) in [6, 6.07) is 23.7. The van der Waals surface area contributed by atoms with Crippen LogP contribution in [-0.4, -0.2) is 5.91 Å². The van der Waals surface area contributed by atoms with Gasteiger partial charge in [-0.25, -0.2) is 0 Å². The summed E-state index contributed by atoms with van der Waals surface area (Å²) in [5, 5.41) is 1.66. The number of para-hydroxylation sites is 1. The van der Waals surface area contributed by atoms with Crippen LogP contribution in [-0.2, 0) is 6.18 Å². The average molecular weight is 389 g/mol. The van der Waals surface area contributed by atoms with Crippen LogP contribution in [0.2, 0.25) is 0 Å². The summed E-state index contributed by atoms with van der Waals surface area (Å²) in [5.41, 5.74) is 2.93. The van der Waals surface area contributed by atoms with Crippen LogP contribution in [0.25, 0.3) is 21.9 Å². The van der Waals surface area contributed by atoms with E-state index in [9.17, 15) is 18.0 Å². The van der Waals surface area contributed by atoms with Gasteiger partial charge in [-0.1, -0.05) is 48.5 Å². The van der Waals surface area contributed by atoms with Crippen LogP contribution in [0.1, 0.15) is 15.9 Å². The topological polar surface area (TPSA) is 20.3 Å². The minimum absolute atomic E-state index is 0.110. The van der Waals surface area contributed by atoms with Gasteiger partial charge in [-0.05, 0) is 52.9 Å². The number of carbonyl (C=O) groups excluding carboxylic acids is 1. The number of anilines is 2. The Morgan fingerprint density at radius 3 is 2.10 bits per heavy atom. The monoisotopic (exact) mass is 389 g/mol. The van der Waals surface area contributed by atoms with E-state index < -0.39 is 11.7 Å². The van der Waals surface area contributed by atoms with Crippen molar-refractivity contribution in [2.75, 3.05) is 4.90 Å². The molecule has 1 heterocycles. The SMILES string of the molecule is O=C1c2cccc3c(-c4ccc(C(F)(F)F)cc4)ccc(c23)N1c1ccccc1. The van der Waals surface area contributed by atoms with Gasteiger partial charge in [-0.2, -0.15) is 13.2 Å². The lowest BCUT2D eigenvalue weighted by molar-refractivity contribution is -0.137. The Morgan fingerprint density at radius 1 is 0.690 bits per heavy atom. The molecule has 1 amide bonds. The van der Waals surface area contributed by atoms with Crippen molar-refractivity contribution in [1.29, 1.82) is 0 Å². The van der Waals surface area contributed by atoms with Crippen molar-refractivity contribution in [2.24, 2.45) is 0 Å². The minimum Gasteiger partial charge on any atom is -0.276 e. The molecule has 0 atom stereocenters. The Bertz CT molecular complexity index is 1250. The van der Waals surface area contributed by atoms with E-state index in [1.165, 1.54) is 12.1 Å². The molecular weight excluding hydrogens is 375 g/mol. The molecule has 1 aliphatic heterocycles. The van der Waals surface area contributed by atoms with Crippen molar-refractivity contribution in [3.63, 3.8) is 0 Å². The Morgan fingerprint density at radius 2 is 1.41 bits per heavy atom. The summed E-state index contributed by atoms with van der Waals surface area (Å²) in [7, 11) is 0. The molecule has 0 saturated carbocycles. The van der Waals surface area contributed by atoms with Gasteiger partial charge in [0.05, 0.1) is 16.8 Å². The predicted molar refractivity (Wildman–Crippen MR) is 107 cm³/mol. The van der Waals surface area contributed by atoms with E-state index in [0.29, 0.717) is 11.1 Å². The normalized spacial score (nSPS) is 13.3. The van der Waals surface area contributed by atoms with Crippen LogP contribution in [0.5, 0.6) is 0 Å². The van der Waals surface area contributed by atoms with Crippen LogP contribution >= 0.6 is 0 Å². The first kappa shape index (κ1) is 17.5. The summed E-state index contributed by atoms with van der Waals surface area (Å²) >= 11 is 0. The van der Waals surface area contributed by atoms with Gasteiger partial charge in [0, 0.05) is 11.1 Å². The molecule has 0 spiro atoms. The number of rotatable bonds is 2. The van der Waals surface area contributed by atoms with Gasteiger partial charge in [-0.15, -0.1) is 0 Å². The van der Waals surface area contributed by atoms with Crippen molar-refractivity contribution >= 4 is 28.1 Å². The zero-order valence-electron chi connectivity index (χ0n) is 15.1. The molecule has 4 aromatic rings. The molecule has 0 aromatic heterocycles. The van der Waals surface area contributed by atoms with Gasteiger partial charge in [0.1, 0.15) is 0 Å². The Balaban J connectivity index is 1.69. The highest BCUT2D eigenvalue weighted by Gasteiger charge is 2.32. The van der Waals surface area contributed by atoms with Crippen LogP contribution in [0, 0.1) is 0 Å². The lowest BCUT2D eigenvalue weighted by Crippen LogP contribution is -2.20. The second kappa shape index (κ2) is 6.21. The highest BCUT2D eigenvalue weighted by atomic mass is 19.4. The standard InChI is InChI=1S/C24H14F3NO/c25-24(26,27)16-11-9-15(10-12-16)18-13-14-21-22-19(18)7-4-8-20(22)23(29)28(21)17-5-2-1-3-6-17/h1-14H. The largest absolute Gasteiger partial charge is 0.416 e. The zero-order chi connectivity index (χ0) is 20.2. The smallest absolute Gasteiger partial charge is 0.276 e. The third-order valence-electron chi connectivity index (χ3n) is 5.23. The third-order valence-corrected chi connectivity index (χ3v) is 5.23. The summed E-state index contributed by atoms with van der Waals surface area (Å²) in [5.74, 6) is -0.110. The molecule has 5 heteroatoms. The number of hydrogen-bond donors (Lipinski definition) is 0. The fourth-order valence-corrected chi connectivity index (χ4v) is 3.91. The van der Waals surface area contributed by atoms with Crippen molar-refractivity contribution < 1.29 is 18.0 Å². The predicted octanol–water partition coefficient (Wildman–Crippen LogP) is 6.82. The van der Waals surface area contributed by atoms with E-state index in [-0.39, 0.29) is 5.91 Å². The summed E-state index contributed by atoms with van der Waals surface area (Å²) < 4.78 is 38.7. The van der Waals surface area contributed by atoms with Crippen LogP contribution in [0.3, 0.4) is 0 Å². The number of halogens is 3. The van der Waals surface area contributed by atoms with E-state index >= 15 is 0 Å². The molecular formula is C24H14F3NO. The van der Waals surface area contributed by atoms with Crippen LogP contribution in [0.15, 0.2) is 84.9 Å². The Labute approximate surface area is 164 Å². The number of alkyl halides is 3. The lowest BCUT2D eigenvalue weighted by atomic mass is 9.95. The summed E-state index contributed by atoms with van der Waals surface area (Å²) in [6.07, 6.45) is -4.37. The number of hydrogen-bond acceptors (Lipinski definition) is 1. The van der Waals surface area contributed by atoms with Crippen molar-refractivity contribution in [3.05, 3.63) is 96.1 Å². The molecule has 0 unspecified atom stereocenters. The molecule has 1 aliphatic rings. The molecule has 0 aliphatic carbocycles. The zero-order valence-corrected chi connectivity index (χ0v) is 15.1. The van der Waals surface area contributed by atoms with E-state index in [4.69, 9.17) is 0 Å². The van der Waals surface area contributed by atoms with E-state index in [0.717, 1.165) is 39.8 Å². The molecule has 0 saturated heterocycles. The molecule has 0 radical (unpaired) electrons. The average Bonchev–Trinajstić information content (AvgIpc) is 3.02. The van der Waals surface area contributed by atoms with E-state index in [1.807, 2.05) is 48.5 Å². The van der Waals surface area contributed by atoms with Crippen molar-refractivity contribution in [3.8, 4) is 11.1 Å². The number of amides is 1. The summed E-state index contributed by atoms with van der Waals surface area (Å²) in [4.78, 5) is 14.8. The van der Waals surface area contributed by atoms with Gasteiger partial charge in [0.15, 0.2) is 0 Å². The quantitative estimate of drug-likeness (QED) is 0.368. The second-order valence-electron chi connectivity index (χ2n) is 6.91. The van der Waals surface area contributed by atoms with Crippen molar-refractivity contribution in [2.45, 2.75) is 6.18 Å². The first-order valence-corrected chi connectivity index (χ1v) is 9.08. The molecule has 142 valence electrons. The lowest BCUT2D eigenvalue weighted by Gasteiger charge is -2.18. The maximum atomic E-state index is 13.1. The number of benzene rings is 4. The third kappa shape index (κ3) is 2.70. The van der Waals surface area contributed by atoms with Crippen LogP contribution in [0.4, 0.5) is 24.5 Å². The first-order valence-electron chi connectivity index (χ1n) is 9.08. The highest BCUT2D eigenvalue weighted by Crippen LogP contribution is 2.45. The number of carbonyl (C=O) groups is 1. The molecule has 0 fully saturated rings. The van der Waals surface area contributed by atoms with Crippen LogP contribution < -0.4 is 4.90 Å². The van der Waals surface area contributed by atoms with Gasteiger partial charge >= 0.3 is 6.18 Å². The second-order valence-corrected chi connectivity index (χ2v) is 6.91. The summed E-state index contributed by atoms with van der Waals surface area (Å²) in [6.45, 7) is 0. The minimum atomic E-state index is -4.37. The van der Waals surface area contributed by atoms with Crippen molar-refractivity contribution in [1.82, 2.24) is 0 Å². The Hall–Kier alpha value is -3.60. The fraction of sp³-hybridized carbons (Fsp3) is 0.0417. The van der Waals surface area contributed by atoms with Gasteiger partial charge in [0.2, 0.25) is 0 Å². The molecule has 29 heavy (non-hydrogen) atoms. The molecule has 5 rings (SSSR count). The fourth-order valence-electron chi connectivity index (χ4n) is 3.91.